The second-order valence-electron chi connectivity index (χ2n) is 4.21. The predicted octanol–water partition coefficient (Wildman–Crippen LogP) is 0.886. The maximum atomic E-state index is 12.3. The molecule has 1 atom stereocenters. The number of carboxylic acid groups (broad SMARTS) is 1. The monoisotopic (exact) mass is 353 g/mol. The fourth-order valence-corrected chi connectivity index (χ4v) is 4.33. The van der Waals surface area contributed by atoms with Crippen molar-refractivity contribution in [2.24, 2.45) is 0 Å². The number of hydrogen-bond acceptors (Lipinski definition) is 5. The maximum Gasteiger partial charge on any atom is 0.371 e. The predicted molar refractivity (Wildman–Crippen MR) is 67.4 cm³/mol. The van der Waals surface area contributed by atoms with Gasteiger partial charge in [-0.1, -0.05) is 0 Å². The number of halogens is 1. The van der Waals surface area contributed by atoms with E-state index in [-0.39, 0.29) is 16.1 Å². The van der Waals surface area contributed by atoms with E-state index >= 15 is 0 Å². The summed E-state index contributed by atoms with van der Waals surface area (Å²) in [5.74, 6) is -1.80. The van der Waals surface area contributed by atoms with Gasteiger partial charge in [-0.15, -0.1) is 0 Å². The average Bonchev–Trinajstić information content (AvgIpc) is 2.72. The van der Waals surface area contributed by atoms with Crippen molar-refractivity contribution in [3.63, 3.8) is 0 Å². The molecule has 0 bridgehead atoms. The van der Waals surface area contributed by atoms with Gasteiger partial charge in [0.1, 0.15) is 4.90 Å². The van der Waals surface area contributed by atoms with E-state index < -0.39 is 27.9 Å². The Morgan fingerprint density at radius 1 is 1.53 bits per heavy atom. The Morgan fingerprint density at radius 2 is 2.21 bits per heavy atom. The molecule has 1 saturated heterocycles. The number of carbonyl (C=O) groups is 1. The van der Waals surface area contributed by atoms with E-state index in [0.717, 1.165) is 10.4 Å². The van der Waals surface area contributed by atoms with Crippen molar-refractivity contribution in [1.29, 1.82) is 0 Å². The number of β-amino-alcohol motifs (C(OH)–C–C–N with tert-alkyl or cyclic N) is 1. The van der Waals surface area contributed by atoms with Crippen molar-refractivity contribution in [2.45, 2.75) is 23.8 Å². The molecule has 2 heterocycles. The van der Waals surface area contributed by atoms with E-state index in [9.17, 15) is 18.3 Å². The number of sulfonamides is 1. The van der Waals surface area contributed by atoms with Gasteiger partial charge >= 0.3 is 5.97 Å². The van der Waals surface area contributed by atoms with Gasteiger partial charge in [-0.2, -0.15) is 4.31 Å². The van der Waals surface area contributed by atoms with Gasteiger partial charge in [-0.3, -0.25) is 0 Å². The maximum absolute atomic E-state index is 12.3. The SMILES string of the molecule is O=C(O)c1cc(S(=O)(=O)N2CCCC(O)C2)c(Br)o1. The van der Waals surface area contributed by atoms with Crippen molar-refractivity contribution < 1.29 is 27.8 Å². The van der Waals surface area contributed by atoms with Crippen LogP contribution in [0.3, 0.4) is 0 Å². The third-order valence-electron chi connectivity index (χ3n) is 2.84. The molecule has 1 aromatic heterocycles. The fourth-order valence-electron chi connectivity index (χ4n) is 1.91. The normalized spacial score (nSPS) is 21.5. The lowest BCUT2D eigenvalue weighted by molar-refractivity contribution is 0.0661. The van der Waals surface area contributed by atoms with E-state index in [1.165, 1.54) is 0 Å². The van der Waals surface area contributed by atoms with Crippen molar-refractivity contribution in [3.8, 4) is 0 Å². The number of aliphatic hydroxyl groups excluding tert-OH is 1. The number of nitrogens with zero attached hydrogens (tertiary/aromatic N) is 1. The zero-order valence-electron chi connectivity index (χ0n) is 9.74. The molecule has 2 N–H and O–H groups in total. The Hall–Kier alpha value is -0.900. The van der Waals surface area contributed by atoms with E-state index in [1.54, 1.807) is 0 Å². The highest BCUT2D eigenvalue weighted by molar-refractivity contribution is 9.10. The Labute approximate surface area is 118 Å². The molecule has 0 aromatic carbocycles. The molecular formula is C10H12BrNO6S. The zero-order valence-corrected chi connectivity index (χ0v) is 12.1. The quantitative estimate of drug-likeness (QED) is 0.835. The van der Waals surface area contributed by atoms with Crippen LogP contribution in [0.25, 0.3) is 0 Å². The summed E-state index contributed by atoms with van der Waals surface area (Å²) in [6.45, 7) is 0.293. The first-order valence-corrected chi connectivity index (χ1v) is 7.76. The first-order valence-electron chi connectivity index (χ1n) is 5.53. The summed E-state index contributed by atoms with van der Waals surface area (Å²) >= 11 is 2.90. The summed E-state index contributed by atoms with van der Waals surface area (Å²) in [5.41, 5.74) is 0. The van der Waals surface area contributed by atoms with Gasteiger partial charge in [0.05, 0.1) is 6.10 Å². The molecule has 0 aliphatic carbocycles. The van der Waals surface area contributed by atoms with Gasteiger partial charge < -0.3 is 14.6 Å². The molecule has 1 fully saturated rings. The molecule has 7 nitrogen and oxygen atoms in total. The molecule has 0 radical (unpaired) electrons. The van der Waals surface area contributed by atoms with Gasteiger partial charge in [0.2, 0.25) is 15.8 Å². The number of hydrogen-bond donors (Lipinski definition) is 2. The van der Waals surface area contributed by atoms with Gasteiger partial charge in [0.15, 0.2) is 4.67 Å². The lowest BCUT2D eigenvalue weighted by Gasteiger charge is -2.28. The van der Waals surface area contributed by atoms with Crippen LogP contribution < -0.4 is 0 Å². The molecular weight excluding hydrogens is 342 g/mol. The molecule has 106 valence electrons. The second-order valence-corrected chi connectivity index (χ2v) is 6.84. The first kappa shape index (κ1) is 14.5. The summed E-state index contributed by atoms with van der Waals surface area (Å²) in [5, 5.41) is 18.3. The summed E-state index contributed by atoms with van der Waals surface area (Å²) in [4.78, 5) is 10.5. The van der Waals surface area contributed by atoms with Crippen LogP contribution in [0.2, 0.25) is 0 Å². The number of rotatable bonds is 3. The molecule has 9 heteroatoms. The van der Waals surface area contributed by atoms with Gasteiger partial charge in [0, 0.05) is 19.2 Å². The molecule has 1 aliphatic heterocycles. The smallest absolute Gasteiger partial charge is 0.371 e. The van der Waals surface area contributed by atoms with Gasteiger partial charge in [-0.05, 0) is 28.8 Å². The Bertz CT molecular complexity index is 595. The fraction of sp³-hybridized carbons (Fsp3) is 0.500. The van der Waals surface area contributed by atoms with Crippen LogP contribution in [0.5, 0.6) is 0 Å². The number of furan rings is 1. The molecule has 1 aromatic rings. The molecule has 1 unspecified atom stereocenters. The van der Waals surface area contributed by atoms with Crippen LogP contribution >= 0.6 is 15.9 Å². The van der Waals surface area contributed by atoms with Crippen LogP contribution in [0, 0.1) is 0 Å². The molecule has 19 heavy (non-hydrogen) atoms. The third-order valence-corrected chi connectivity index (χ3v) is 5.57. The highest BCUT2D eigenvalue weighted by Gasteiger charge is 2.33. The number of aromatic carboxylic acids is 1. The van der Waals surface area contributed by atoms with Crippen LogP contribution in [0.1, 0.15) is 23.4 Å². The summed E-state index contributed by atoms with van der Waals surface area (Å²) in [7, 11) is -3.87. The minimum Gasteiger partial charge on any atom is -0.475 e. The largest absolute Gasteiger partial charge is 0.475 e. The van der Waals surface area contributed by atoms with Crippen LogP contribution in [0.15, 0.2) is 20.0 Å². The number of piperidine rings is 1. The second kappa shape index (κ2) is 5.23. The van der Waals surface area contributed by atoms with Crippen molar-refractivity contribution in [2.75, 3.05) is 13.1 Å². The van der Waals surface area contributed by atoms with Gasteiger partial charge in [-0.25, -0.2) is 13.2 Å². The standard InChI is InChI=1S/C10H12BrNO6S/c11-9-8(4-7(18-9)10(14)15)19(16,17)12-3-1-2-6(13)5-12/h4,6,13H,1-3,5H2,(H,14,15). The van der Waals surface area contributed by atoms with Crippen LogP contribution in [-0.4, -0.2) is 48.1 Å². The van der Waals surface area contributed by atoms with Gasteiger partial charge in [0.25, 0.3) is 0 Å². The summed E-state index contributed by atoms with van der Waals surface area (Å²) in [6, 6.07) is 0.961. The Kier molecular flexibility index (Phi) is 4.00. The van der Waals surface area contributed by atoms with E-state index in [4.69, 9.17) is 9.52 Å². The average molecular weight is 354 g/mol. The molecule has 1 aliphatic rings. The summed E-state index contributed by atoms with van der Waals surface area (Å²) < 4.78 is 30.5. The molecule has 0 spiro atoms. The first-order chi connectivity index (χ1) is 8.82. The van der Waals surface area contributed by atoms with E-state index in [2.05, 4.69) is 15.9 Å². The molecule has 2 rings (SSSR count). The van der Waals surface area contributed by atoms with Crippen LogP contribution in [-0.2, 0) is 10.0 Å². The lowest BCUT2D eigenvalue weighted by atomic mass is 10.1. The minimum absolute atomic E-state index is 0.00234. The lowest BCUT2D eigenvalue weighted by Crippen LogP contribution is -2.42. The Balaban J connectivity index is 2.36. The number of carboxylic acids is 1. The van der Waals surface area contributed by atoms with E-state index in [0.29, 0.717) is 19.4 Å². The van der Waals surface area contributed by atoms with Crippen molar-refractivity contribution in [3.05, 3.63) is 16.5 Å². The molecule has 0 saturated carbocycles. The van der Waals surface area contributed by atoms with Crippen LogP contribution in [0.4, 0.5) is 0 Å². The number of aliphatic hydroxyl groups is 1. The Morgan fingerprint density at radius 3 is 2.74 bits per heavy atom. The summed E-state index contributed by atoms with van der Waals surface area (Å²) in [6.07, 6.45) is 0.411. The highest BCUT2D eigenvalue weighted by Crippen LogP contribution is 2.30. The molecule has 0 amide bonds. The highest BCUT2D eigenvalue weighted by atomic mass is 79.9. The third kappa shape index (κ3) is 2.83. The zero-order chi connectivity index (χ0) is 14.2. The minimum atomic E-state index is -3.87. The van der Waals surface area contributed by atoms with E-state index in [1.807, 2.05) is 0 Å². The topological polar surface area (TPSA) is 108 Å². The van der Waals surface area contributed by atoms with Crippen molar-refractivity contribution in [1.82, 2.24) is 4.31 Å². The van der Waals surface area contributed by atoms with Crippen molar-refractivity contribution >= 4 is 31.9 Å².